The Kier molecular flexibility index (Phi) is 46.8. The van der Waals surface area contributed by atoms with E-state index in [1.807, 2.05) is 13.8 Å². The van der Waals surface area contributed by atoms with Crippen molar-refractivity contribution in [1.29, 1.82) is 0 Å². The zero-order chi connectivity index (χ0) is 93.5. The van der Waals surface area contributed by atoms with Crippen LogP contribution in [0.1, 0.15) is 13.8 Å². The maximum absolute atomic E-state index is 12.0. The number of thiophene rings is 9. The minimum Gasteiger partial charge on any atom is -0.506 e. The van der Waals surface area contributed by atoms with Crippen molar-refractivity contribution in [2.75, 3.05) is 154 Å². The third-order valence-corrected chi connectivity index (χ3v) is 45.8. The van der Waals surface area contributed by atoms with Gasteiger partial charge in [0.1, 0.15) is 22.9 Å². The van der Waals surface area contributed by atoms with Gasteiger partial charge in [0.2, 0.25) is 0 Å². The first-order chi connectivity index (χ1) is 54.9. The van der Waals surface area contributed by atoms with Crippen LogP contribution in [0.25, 0.3) is 0 Å². The molecule has 0 aliphatic rings. The molecule has 0 amide bonds. The van der Waals surface area contributed by atoms with Crippen LogP contribution in [0.5, 0.6) is 51.7 Å². The second-order valence-electron chi connectivity index (χ2n) is 23.1. The van der Waals surface area contributed by atoms with E-state index in [9.17, 15) is 86.0 Å². The molecule has 9 aromatic heterocycles. The molecule has 9 aromatic rings. The molecular weight excluding hydrogens is 2220 g/mol. The van der Waals surface area contributed by atoms with Crippen molar-refractivity contribution in [2.45, 2.75) is 51.7 Å². The first-order valence-electron chi connectivity index (χ1n) is 31.4. The number of aliphatic imine (C=N–C) groups is 1. The number of ether oxygens (including phenoxy) is 6. The molecule has 682 valence electrons. The Labute approximate surface area is 775 Å². The normalized spacial score (nSPS) is 12.0. The molecule has 0 aliphatic carbocycles. The lowest BCUT2D eigenvalue weighted by atomic mass is 10.4. The Balaban J connectivity index is 0.000000676. The number of rotatable bonds is 24. The highest BCUT2D eigenvalue weighted by molar-refractivity contribution is 9.11. The van der Waals surface area contributed by atoms with E-state index >= 15 is 0 Å². The van der Waals surface area contributed by atoms with E-state index in [0.717, 1.165) is 134 Å². The second kappa shape index (κ2) is 49.1. The van der Waals surface area contributed by atoms with Gasteiger partial charge < -0.3 is 49.5 Å². The fourth-order valence-electron chi connectivity index (χ4n) is 7.02. The topological polar surface area (TPSA) is 496 Å². The van der Waals surface area contributed by atoms with Gasteiger partial charge in [-0.15, -0.1) is 102 Å². The molecule has 0 bridgehead atoms. The molecule has 120 heavy (non-hydrogen) atoms. The van der Waals surface area contributed by atoms with Gasteiger partial charge in [0.15, 0.2) is 72.4 Å². The first-order valence-corrected chi connectivity index (χ1v) is 56.3. The minimum absolute atomic E-state index is 0.00694. The lowest BCUT2D eigenvalue weighted by molar-refractivity contribution is 0.401. The van der Waals surface area contributed by atoms with Crippen molar-refractivity contribution < 1.29 is 120 Å². The molecule has 0 unspecified atom stereocenters. The van der Waals surface area contributed by atoms with Crippen molar-refractivity contribution >= 4 is 283 Å². The fraction of sp³-hybridized carbons (Fsp3) is 0.383. The van der Waals surface area contributed by atoms with Crippen LogP contribution in [-0.2, 0) is 89.2 Å². The predicted octanol–water partition coefficient (Wildman–Crippen LogP) is 12.2. The molecule has 0 spiro atoms. The van der Waals surface area contributed by atoms with Crippen molar-refractivity contribution in [3.05, 3.63) is 84.5 Å². The summed E-state index contributed by atoms with van der Waals surface area (Å²) in [6, 6.07) is 4.56. The highest BCUT2D eigenvalue weighted by Gasteiger charge is 2.32. The Hall–Kier alpha value is -3.59. The Morgan fingerprint density at radius 1 is 0.367 bits per heavy atom. The molecule has 0 atom stereocenters. The summed E-state index contributed by atoms with van der Waals surface area (Å²) in [4.78, 5) is 4.24. The van der Waals surface area contributed by atoms with Crippen molar-refractivity contribution in [1.82, 2.24) is 34.9 Å². The van der Waals surface area contributed by atoms with Crippen molar-refractivity contribution in [3.63, 3.8) is 0 Å². The number of anilines is 1. The average molecular weight is 2310 g/mol. The third-order valence-electron chi connectivity index (χ3n) is 13.3. The molecule has 6 N–H and O–H groups in total. The van der Waals surface area contributed by atoms with Gasteiger partial charge in [0.25, 0.3) is 89.2 Å². The quantitative estimate of drug-likeness (QED) is 0.0277. The second-order valence-corrected chi connectivity index (χ2v) is 55.8. The van der Waals surface area contributed by atoms with Gasteiger partial charge in [0.05, 0.1) is 66.2 Å². The van der Waals surface area contributed by atoms with Gasteiger partial charge in [-0.2, -0.15) is 0 Å². The monoisotopic (exact) mass is 2310 g/mol. The summed E-state index contributed by atoms with van der Waals surface area (Å²) in [7, 11) is 4.25. The Morgan fingerprint density at radius 2 is 0.642 bits per heavy atom. The third kappa shape index (κ3) is 30.6. The van der Waals surface area contributed by atoms with Gasteiger partial charge in [-0.1, -0.05) is 0 Å². The molecule has 9 rings (SSSR count). The van der Waals surface area contributed by atoms with Crippen LogP contribution in [0, 0.1) is 0 Å². The molecule has 9 heterocycles. The summed E-state index contributed by atoms with van der Waals surface area (Å²) in [5.41, 5.74) is 6.80. The summed E-state index contributed by atoms with van der Waals surface area (Å²) < 4.78 is 251. The molecule has 0 aliphatic heterocycles. The zero-order valence-electron chi connectivity index (χ0n) is 67.5. The van der Waals surface area contributed by atoms with Crippen LogP contribution >= 0.6 is 176 Å². The van der Waals surface area contributed by atoms with E-state index in [1.165, 1.54) is 175 Å². The van der Waals surface area contributed by atoms with Gasteiger partial charge in [0, 0.05) is 147 Å². The van der Waals surface area contributed by atoms with E-state index in [1.54, 1.807) is 44.4 Å². The van der Waals surface area contributed by atoms with Crippen LogP contribution < -0.4 is 38.9 Å². The van der Waals surface area contributed by atoms with E-state index in [2.05, 4.69) is 73.4 Å². The van der Waals surface area contributed by atoms with Crippen LogP contribution in [0.4, 0.5) is 11.4 Å². The molecule has 0 radical (unpaired) electrons. The van der Waals surface area contributed by atoms with E-state index < -0.39 is 89.2 Å². The SMILES string of the molecule is CN(C)S(=O)(=O)c1scc(Br)c1O.CN(C)S(=O)(=O)c1scc(N)c1O.CN(C)S(=O)(=O)c1sccc1O.CNS(=O)(=O)c1scc(Br)c1OC.COc1c(Br)csc1S(=O)(=O)N(C)C.COc1c(Br)csc1S(=O)(=O)N(C)C.COc1c(N=C(C)C)csc1S(=O)(=O)N(C)C.COc1ccsc1S(=O)(=O)Cl.COc1ccsc1S(=O)(=O)N(C)C. The molecule has 0 aromatic carbocycles. The summed E-state index contributed by atoms with van der Waals surface area (Å²) >= 11 is 22.3. The molecule has 37 nitrogen and oxygen atoms in total. The Morgan fingerprint density at radius 3 is 0.933 bits per heavy atom. The number of nitrogen functional groups attached to an aromatic ring is 1. The standard InChI is InChI=1S/C10H16N2O3S2.2C7H10BrNO3S2.C7H11NO3S2.2C6H8BrNO3S2.C6H10N2O3S2.C6H9NO3S2.C5H5ClO3S2/c1-7(2)11-8-6-16-10(9(8)15-5)17(13,14)12(3)4;2*1-9(2)14(10,11)7-6(12-3)5(8)4-13-7;1-8(2)13(9,10)7-6(11-3)4-5-12-7;1-8-13(9,10)6-5(11-2)4(7)3-12-6;2*1-8(2)13(10,11)6-5(9)4(7)3-12-6;1-7(2)12(9,10)6-5(8)3-4-11-6;1-9-4-2-3-10-5(4)11(6,7)8/h6H,1-5H3;2*4H,1-3H3;4-5H,1-3H3;3,8H,1-2H3;3,9H,1-2H3;3,9H,7H2,1-2H3;3-4,8H,1-2H3;2-3H,1H3. The van der Waals surface area contributed by atoms with E-state index in [0.29, 0.717) is 58.1 Å². The molecule has 60 heteroatoms. The maximum Gasteiger partial charge on any atom is 0.274 e. The van der Waals surface area contributed by atoms with E-state index in [-0.39, 0.29) is 60.8 Å². The van der Waals surface area contributed by atoms with Crippen LogP contribution in [0.15, 0.2) is 127 Å². The number of aromatic hydroxyl groups is 3. The highest BCUT2D eigenvalue weighted by Crippen LogP contribution is 2.45. The van der Waals surface area contributed by atoms with E-state index in [4.69, 9.17) is 49.9 Å². The number of methoxy groups -OCH3 is 6. The van der Waals surface area contributed by atoms with Crippen LogP contribution in [-0.4, -0.2) is 275 Å². The number of hydrogen-bond acceptors (Lipinski definition) is 38. The molecule has 0 saturated carbocycles. The summed E-state index contributed by atoms with van der Waals surface area (Å²) in [5, 5.41) is 42.3. The number of sulfonamides is 8. The summed E-state index contributed by atoms with van der Waals surface area (Å²) in [5.74, 6) is 1.31. The van der Waals surface area contributed by atoms with Gasteiger partial charge in [-0.05, 0) is 119 Å². The number of nitrogens with two attached hydrogens (primary N) is 1. The van der Waals surface area contributed by atoms with Crippen molar-refractivity contribution in [3.8, 4) is 51.7 Å². The van der Waals surface area contributed by atoms with Crippen molar-refractivity contribution in [2.24, 2.45) is 4.99 Å². The molecular formula is C60H87Br4ClN10O27S18. The lowest BCUT2D eigenvalue weighted by Gasteiger charge is -2.11. The van der Waals surface area contributed by atoms with Crippen LogP contribution in [0.3, 0.4) is 0 Å². The summed E-state index contributed by atoms with van der Waals surface area (Å²) in [6.07, 6.45) is 0. The van der Waals surface area contributed by atoms with Crippen LogP contribution in [0.2, 0.25) is 0 Å². The number of halogens is 5. The first kappa shape index (κ1) is 114. The molecule has 0 saturated heterocycles. The fourth-order valence-corrected chi connectivity index (χ4v) is 31.5. The van der Waals surface area contributed by atoms with Gasteiger partial charge in [-0.25, -0.2) is 111 Å². The zero-order valence-corrected chi connectivity index (χ0v) is 89.3. The summed E-state index contributed by atoms with van der Waals surface area (Å²) in [6.45, 7) is 3.69. The lowest BCUT2D eigenvalue weighted by Crippen LogP contribution is -2.21. The van der Waals surface area contributed by atoms with Gasteiger partial charge >= 0.3 is 0 Å². The minimum atomic E-state index is -3.64. The van der Waals surface area contributed by atoms with Gasteiger partial charge in [-0.3, -0.25) is 4.99 Å². The predicted molar refractivity (Wildman–Crippen MR) is 492 cm³/mol. The number of nitrogens with zero attached hydrogens (tertiary/aromatic N) is 8. The average Bonchev–Trinajstić information content (AvgIpc) is 1.64. The Bertz CT molecular complexity index is 5810. The number of hydrogen-bond donors (Lipinski definition) is 5. The largest absolute Gasteiger partial charge is 0.506 e. The molecule has 0 fully saturated rings. The maximum atomic E-state index is 12.0. The highest BCUT2D eigenvalue weighted by atomic mass is 79.9. The smallest absolute Gasteiger partial charge is 0.274 e. The number of nitrogens with one attached hydrogen (secondary N) is 1.